The highest BCUT2D eigenvalue weighted by Crippen LogP contribution is 1.88. The highest BCUT2D eigenvalue weighted by atomic mass is 32.1. The monoisotopic (exact) mass is 115 g/mol. The number of rotatable bonds is 1. The molecule has 0 radical (unpaired) electrons. The van der Waals surface area contributed by atoms with Gasteiger partial charge < -0.3 is 4.98 Å². The van der Waals surface area contributed by atoms with E-state index in [1.165, 1.54) is 6.33 Å². The molecule has 0 fully saturated rings. The van der Waals surface area contributed by atoms with Gasteiger partial charge in [0.1, 0.15) is 12.2 Å². The zero-order valence-electron chi connectivity index (χ0n) is 3.63. The van der Waals surface area contributed by atoms with Crippen molar-refractivity contribution in [1.82, 2.24) is 15.2 Å². The van der Waals surface area contributed by atoms with Crippen LogP contribution in [0.3, 0.4) is 0 Å². The van der Waals surface area contributed by atoms with Gasteiger partial charge in [-0.05, 0) is 0 Å². The standard InChI is InChI=1S/C3H5N3S/c7-1-3-4-2-5-6-3/h2,7H,1H2,(H,4,5,6). The van der Waals surface area contributed by atoms with E-state index in [-0.39, 0.29) is 0 Å². The summed E-state index contributed by atoms with van der Waals surface area (Å²) in [7, 11) is 0. The van der Waals surface area contributed by atoms with Crippen LogP contribution in [0.2, 0.25) is 0 Å². The van der Waals surface area contributed by atoms with Gasteiger partial charge in [-0.25, -0.2) is 0 Å². The minimum atomic E-state index is 0.625. The molecule has 1 N–H and O–H groups in total. The van der Waals surface area contributed by atoms with Crippen LogP contribution in [0.25, 0.3) is 0 Å². The summed E-state index contributed by atoms with van der Waals surface area (Å²) in [5, 5.41) is 7.19. The molecule has 3 nitrogen and oxygen atoms in total. The molecule has 7 heavy (non-hydrogen) atoms. The Morgan fingerprint density at radius 2 is 2.71 bits per heavy atom. The zero-order valence-corrected chi connectivity index (χ0v) is 4.52. The minimum Gasteiger partial charge on any atom is -0.331 e. The van der Waals surface area contributed by atoms with Crippen LogP contribution in [-0.2, 0) is 5.75 Å². The molecule has 38 valence electrons. The number of aromatic nitrogens is 3. The molecule has 0 amide bonds. The Balaban J connectivity index is 2.76. The molecular weight excluding hydrogens is 110 g/mol. The van der Waals surface area contributed by atoms with E-state index in [1.54, 1.807) is 0 Å². The maximum atomic E-state index is 3.94. The summed E-state index contributed by atoms with van der Waals surface area (Å²) in [6, 6.07) is 0. The van der Waals surface area contributed by atoms with Crippen LogP contribution in [0.5, 0.6) is 0 Å². The van der Waals surface area contributed by atoms with E-state index in [4.69, 9.17) is 0 Å². The quantitative estimate of drug-likeness (QED) is 0.514. The van der Waals surface area contributed by atoms with Crippen LogP contribution in [-0.4, -0.2) is 15.2 Å². The average Bonchev–Trinajstić information content (AvgIpc) is 2.14. The number of hydrogen-bond acceptors (Lipinski definition) is 3. The van der Waals surface area contributed by atoms with Gasteiger partial charge in [-0.3, -0.25) is 0 Å². The molecule has 0 aliphatic carbocycles. The van der Waals surface area contributed by atoms with E-state index in [1.807, 2.05) is 0 Å². The Kier molecular flexibility index (Phi) is 1.31. The third-order valence-electron chi connectivity index (χ3n) is 0.617. The van der Waals surface area contributed by atoms with E-state index in [9.17, 15) is 0 Å². The normalized spacial score (nSPS) is 9.29. The summed E-state index contributed by atoms with van der Waals surface area (Å²) in [6.07, 6.45) is 1.53. The van der Waals surface area contributed by atoms with Crippen LogP contribution in [0.1, 0.15) is 5.82 Å². The van der Waals surface area contributed by atoms with Gasteiger partial charge in [0.15, 0.2) is 0 Å². The van der Waals surface area contributed by atoms with Crippen molar-refractivity contribution in [3.05, 3.63) is 12.2 Å². The second-order valence-electron chi connectivity index (χ2n) is 1.09. The van der Waals surface area contributed by atoms with Crippen LogP contribution < -0.4 is 0 Å². The van der Waals surface area contributed by atoms with Crippen molar-refractivity contribution >= 4 is 12.6 Å². The van der Waals surface area contributed by atoms with Gasteiger partial charge in [0.25, 0.3) is 0 Å². The highest BCUT2D eigenvalue weighted by molar-refractivity contribution is 7.79. The summed E-state index contributed by atoms with van der Waals surface area (Å²) in [5.41, 5.74) is 0. The van der Waals surface area contributed by atoms with Crippen molar-refractivity contribution < 1.29 is 0 Å². The number of hydrogen-bond donors (Lipinski definition) is 2. The zero-order chi connectivity index (χ0) is 5.11. The largest absolute Gasteiger partial charge is 0.331 e. The molecule has 0 saturated heterocycles. The lowest BCUT2D eigenvalue weighted by Gasteiger charge is -1.76. The van der Waals surface area contributed by atoms with Gasteiger partial charge in [0, 0.05) is 0 Å². The lowest BCUT2D eigenvalue weighted by atomic mass is 10.7. The summed E-state index contributed by atoms with van der Waals surface area (Å²) in [4.78, 5) is 2.79. The third kappa shape index (κ3) is 0.928. The molecule has 0 aliphatic heterocycles. The minimum absolute atomic E-state index is 0.625. The fourth-order valence-corrected chi connectivity index (χ4v) is 0.463. The first-order chi connectivity index (χ1) is 3.43. The Labute approximate surface area is 46.6 Å². The SMILES string of the molecule is SCc1nnc[nH]1. The lowest BCUT2D eigenvalue weighted by Crippen LogP contribution is -1.77. The maximum Gasteiger partial charge on any atom is 0.139 e. The van der Waals surface area contributed by atoms with Crippen LogP contribution in [0.15, 0.2) is 6.33 Å². The molecule has 1 heterocycles. The molecule has 4 heteroatoms. The lowest BCUT2D eigenvalue weighted by molar-refractivity contribution is 1.03. The van der Waals surface area contributed by atoms with Crippen molar-refractivity contribution in [3.8, 4) is 0 Å². The Bertz CT molecular complexity index is 125. The van der Waals surface area contributed by atoms with Gasteiger partial charge in [-0.2, -0.15) is 12.6 Å². The molecule has 0 aromatic carbocycles. The van der Waals surface area contributed by atoms with Crippen molar-refractivity contribution in [2.45, 2.75) is 5.75 Å². The first kappa shape index (κ1) is 4.64. The Hall–Kier alpha value is -0.510. The van der Waals surface area contributed by atoms with Gasteiger partial charge in [0.2, 0.25) is 0 Å². The number of nitrogens with one attached hydrogen (secondary N) is 1. The third-order valence-corrected chi connectivity index (χ3v) is 0.917. The summed E-state index contributed by atoms with van der Waals surface area (Å²) in [5.74, 6) is 1.43. The molecule has 0 spiro atoms. The first-order valence-electron chi connectivity index (χ1n) is 1.89. The highest BCUT2D eigenvalue weighted by Gasteiger charge is 1.85. The molecule has 0 saturated carbocycles. The topological polar surface area (TPSA) is 41.6 Å². The van der Waals surface area contributed by atoms with Crippen molar-refractivity contribution in [1.29, 1.82) is 0 Å². The Morgan fingerprint density at radius 1 is 1.86 bits per heavy atom. The van der Waals surface area contributed by atoms with E-state index < -0.39 is 0 Å². The second kappa shape index (κ2) is 1.97. The predicted molar refractivity (Wildman–Crippen MR) is 29.1 cm³/mol. The van der Waals surface area contributed by atoms with Crippen molar-refractivity contribution in [2.75, 3.05) is 0 Å². The van der Waals surface area contributed by atoms with E-state index in [0.29, 0.717) is 5.75 Å². The van der Waals surface area contributed by atoms with Crippen LogP contribution in [0.4, 0.5) is 0 Å². The van der Waals surface area contributed by atoms with E-state index >= 15 is 0 Å². The molecule has 0 atom stereocenters. The maximum absolute atomic E-state index is 3.94. The number of nitrogens with zero attached hydrogens (tertiary/aromatic N) is 2. The van der Waals surface area contributed by atoms with Gasteiger partial charge in [-0.15, -0.1) is 10.2 Å². The average molecular weight is 115 g/mol. The molecule has 1 aromatic heterocycles. The fourth-order valence-electron chi connectivity index (χ4n) is 0.308. The van der Waals surface area contributed by atoms with Crippen LogP contribution >= 0.6 is 12.6 Å². The second-order valence-corrected chi connectivity index (χ2v) is 1.41. The predicted octanol–water partition coefficient (Wildman–Crippen LogP) is 0.234. The summed E-state index contributed by atoms with van der Waals surface area (Å²) < 4.78 is 0. The summed E-state index contributed by atoms with van der Waals surface area (Å²) in [6.45, 7) is 0. The van der Waals surface area contributed by atoms with Crippen molar-refractivity contribution in [3.63, 3.8) is 0 Å². The molecule has 0 bridgehead atoms. The molecule has 0 unspecified atom stereocenters. The number of thiol groups is 1. The summed E-state index contributed by atoms with van der Waals surface area (Å²) >= 11 is 3.94. The number of aromatic amines is 1. The fraction of sp³-hybridized carbons (Fsp3) is 0.333. The van der Waals surface area contributed by atoms with E-state index in [2.05, 4.69) is 27.8 Å². The van der Waals surface area contributed by atoms with Gasteiger partial charge in [0.05, 0.1) is 5.75 Å². The van der Waals surface area contributed by atoms with E-state index in [0.717, 1.165) is 5.82 Å². The Morgan fingerprint density at radius 3 is 3.00 bits per heavy atom. The molecule has 1 rings (SSSR count). The molecule has 1 aromatic rings. The molecule has 0 aliphatic rings. The van der Waals surface area contributed by atoms with Gasteiger partial charge >= 0.3 is 0 Å². The number of H-pyrrole nitrogens is 1. The first-order valence-corrected chi connectivity index (χ1v) is 2.52. The smallest absolute Gasteiger partial charge is 0.139 e. The van der Waals surface area contributed by atoms with Crippen LogP contribution in [0, 0.1) is 0 Å². The molecular formula is C3H5N3S. The van der Waals surface area contributed by atoms with Gasteiger partial charge in [-0.1, -0.05) is 0 Å². The van der Waals surface area contributed by atoms with Crippen molar-refractivity contribution in [2.24, 2.45) is 0 Å².